The van der Waals surface area contributed by atoms with Gasteiger partial charge < -0.3 is 4.42 Å². The number of rotatable bonds is 2. The number of pyridine rings is 1. The Morgan fingerprint density at radius 1 is 0.475 bits per heavy atom. The van der Waals surface area contributed by atoms with Crippen LogP contribution in [0.3, 0.4) is 0 Å². The molecule has 0 bridgehead atoms. The lowest BCUT2D eigenvalue weighted by Gasteiger charge is -2.12. The molecule has 186 valence electrons. The molecule has 2 nitrogen and oxygen atoms in total. The van der Waals surface area contributed by atoms with Crippen LogP contribution in [0.5, 0.6) is 0 Å². The molecule has 9 rings (SSSR count). The van der Waals surface area contributed by atoms with Crippen LogP contribution in [0.15, 0.2) is 132 Å². The van der Waals surface area contributed by atoms with Crippen LogP contribution >= 0.6 is 11.3 Å². The summed E-state index contributed by atoms with van der Waals surface area (Å²) < 4.78 is 8.92. The van der Waals surface area contributed by atoms with Crippen molar-refractivity contribution in [2.75, 3.05) is 0 Å². The Morgan fingerprint density at radius 3 is 2.17 bits per heavy atom. The summed E-state index contributed by atoms with van der Waals surface area (Å²) in [6.45, 7) is 0. The summed E-state index contributed by atoms with van der Waals surface area (Å²) in [5.74, 6) is 0. The molecule has 0 aliphatic heterocycles. The average molecular weight is 528 g/mol. The van der Waals surface area contributed by atoms with E-state index < -0.39 is 0 Å². The first kappa shape index (κ1) is 21.9. The summed E-state index contributed by atoms with van der Waals surface area (Å²) in [6.07, 6.45) is 0. The highest BCUT2D eigenvalue weighted by Crippen LogP contribution is 2.42. The molecule has 0 N–H and O–H groups in total. The monoisotopic (exact) mass is 527 g/mol. The summed E-state index contributed by atoms with van der Waals surface area (Å²) in [5.41, 5.74) is 7.36. The lowest BCUT2D eigenvalue weighted by atomic mass is 9.95. The van der Waals surface area contributed by atoms with E-state index in [4.69, 9.17) is 9.40 Å². The second kappa shape index (κ2) is 8.25. The minimum absolute atomic E-state index is 0.904. The number of furan rings is 1. The fourth-order valence-corrected chi connectivity index (χ4v) is 7.44. The second-order valence-electron chi connectivity index (χ2n) is 10.3. The van der Waals surface area contributed by atoms with Crippen molar-refractivity contribution in [3.63, 3.8) is 0 Å². The molecule has 0 radical (unpaired) electrons. The molecule has 9 aromatic rings. The van der Waals surface area contributed by atoms with Crippen molar-refractivity contribution < 1.29 is 4.42 Å². The van der Waals surface area contributed by atoms with E-state index in [0.717, 1.165) is 54.9 Å². The molecule has 3 aromatic heterocycles. The lowest BCUT2D eigenvalue weighted by molar-refractivity contribution is 0.669. The molecule has 0 unspecified atom stereocenters. The van der Waals surface area contributed by atoms with Crippen molar-refractivity contribution >= 4 is 75.1 Å². The fraction of sp³-hybridized carbons (Fsp3) is 0. The van der Waals surface area contributed by atoms with Crippen molar-refractivity contribution in [1.82, 2.24) is 4.98 Å². The van der Waals surface area contributed by atoms with Crippen molar-refractivity contribution in [2.24, 2.45) is 0 Å². The maximum Gasteiger partial charge on any atom is 0.136 e. The molecule has 0 amide bonds. The Kier molecular flexibility index (Phi) is 4.52. The topological polar surface area (TPSA) is 26.0 Å². The largest absolute Gasteiger partial charge is 0.456 e. The van der Waals surface area contributed by atoms with E-state index in [2.05, 4.69) is 115 Å². The van der Waals surface area contributed by atoms with Gasteiger partial charge in [-0.1, -0.05) is 91.0 Å². The molecule has 0 spiro atoms. The third-order valence-corrected chi connectivity index (χ3v) is 9.27. The highest BCUT2D eigenvalue weighted by atomic mass is 32.1. The summed E-state index contributed by atoms with van der Waals surface area (Å²) in [4.78, 5) is 5.25. The predicted molar refractivity (Wildman–Crippen MR) is 170 cm³/mol. The molecular formula is C37H21NOS. The van der Waals surface area contributed by atoms with E-state index in [1.165, 1.54) is 31.3 Å². The highest BCUT2D eigenvalue weighted by Gasteiger charge is 2.16. The van der Waals surface area contributed by atoms with Gasteiger partial charge in [-0.2, -0.15) is 0 Å². The molecular weight excluding hydrogens is 506 g/mol. The second-order valence-corrected chi connectivity index (χ2v) is 11.4. The van der Waals surface area contributed by atoms with Gasteiger partial charge in [-0.25, -0.2) is 4.98 Å². The van der Waals surface area contributed by atoms with Crippen LogP contribution < -0.4 is 0 Å². The van der Waals surface area contributed by atoms with E-state index in [1.54, 1.807) is 0 Å². The van der Waals surface area contributed by atoms with E-state index in [0.29, 0.717) is 0 Å². The average Bonchev–Trinajstić information content (AvgIpc) is 3.58. The van der Waals surface area contributed by atoms with Gasteiger partial charge in [0.25, 0.3) is 0 Å². The van der Waals surface area contributed by atoms with Gasteiger partial charge in [0.2, 0.25) is 0 Å². The third kappa shape index (κ3) is 3.13. The van der Waals surface area contributed by atoms with Crippen molar-refractivity contribution in [1.29, 1.82) is 0 Å². The molecule has 3 heterocycles. The van der Waals surface area contributed by atoms with E-state index in [-0.39, 0.29) is 0 Å². The van der Waals surface area contributed by atoms with Crippen LogP contribution in [0, 0.1) is 0 Å². The predicted octanol–water partition coefficient (Wildman–Crippen LogP) is 11.0. The normalized spacial score (nSPS) is 12.0. The molecule has 0 saturated carbocycles. The van der Waals surface area contributed by atoms with E-state index in [9.17, 15) is 0 Å². The first-order valence-corrected chi connectivity index (χ1v) is 14.3. The van der Waals surface area contributed by atoms with E-state index >= 15 is 0 Å². The van der Waals surface area contributed by atoms with E-state index in [1.807, 2.05) is 23.5 Å². The summed E-state index contributed by atoms with van der Waals surface area (Å²) in [7, 11) is 0. The lowest BCUT2D eigenvalue weighted by Crippen LogP contribution is -1.90. The van der Waals surface area contributed by atoms with Crippen LogP contribution in [0.2, 0.25) is 0 Å². The zero-order valence-corrected chi connectivity index (χ0v) is 22.2. The summed E-state index contributed by atoms with van der Waals surface area (Å²) in [6, 6.07) is 45.3. The number of fused-ring (bicyclic) bond motifs is 9. The van der Waals surface area contributed by atoms with Gasteiger partial charge in [0.05, 0.1) is 11.2 Å². The van der Waals surface area contributed by atoms with Gasteiger partial charge in [-0.15, -0.1) is 11.3 Å². The summed E-state index contributed by atoms with van der Waals surface area (Å²) in [5, 5.41) is 8.30. The first-order valence-electron chi connectivity index (χ1n) is 13.5. The van der Waals surface area contributed by atoms with Gasteiger partial charge in [0.1, 0.15) is 11.2 Å². The van der Waals surface area contributed by atoms with Gasteiger partial charge in [-0.05, 0) is 52.9 Å². The number of hydrogen-bond acceptors (Lipinski definition) is 3. The van der Waals surface area contributed by atoms with Crippen LogP contribution in [0.25, 0.3) is 86.2 Å². The maximum atomic E-state index is 6.28. The van der Waals surface area contributed by atoms with Crippen molar-refractivity contribution in [3.8, 4) is 22.4 Å². The maximum absolute atomic E-state index is 6.28. The SMILES string of the molecule is c1cc(-c2nc3ccccc3c3cc4oc5ccccc5c4cc23)cc(-c2cccc3c2sc2ccccc23)c1. The number of hydrogen-bond donors (Lipinski definition) is 0. The smallest absolute Gasteiger partial charge is 0.136 e. The third-order valence-electron chi connectivity index (χ3n) is 8.05. The zero-order valence-electron chi connectivity index (χ0n) is 21.4. The van der Waals surface area contributed by atoms with Gasteiger partial charge in [0.15, 0.2) is 0 Å². The Morgan fingerprint density at radius 2 is 1.23 bits per heavy atom. The number of aromatic nitrogens is 1. The molecule has 3 heteroatoms. The van der Waals surface area contributed by atoms with Crippen LogP contribution in [0.1, 0.15) is 0 Å². The van der Waals surface area contributed by atoms with Gasteiger partial charge in [-0.3, -0.25) is 0 Å². The molecule has 0 atom stereocenters. The molecule has 0 fully saturated rings. The van der Waals surface area contributed by atoms with Gasteiger partial charge >= 0.3 is 0 Å². The quantitative estimate of drug-likeness (QED) is 0.209. The molecule has 0 aliphatic rings. The fourth-order valence-electron chi connectivity index (χ4n) is 6.20. The minimum Gasteiger partial charge on any atom is -0.456 e. The summed E-state index contributed by atoms with van der Waals surface area (Å²) >= 11 is 1.87. The standard InChI is InChI=1S/C37H21NOS/c1-4-16-32-25(11-1)29-21-34-30(26-12-2-5-17-33(26)39-34)20-31(29)36(38-32)23-10-7-9-22(19-23)24-14-8-15-28-27-13-3-6-18-35(27)40-37(24)28/h1-21H. The van der Waals surface area contributed by atoms with Crippen LogP contribution in [0.4, 0.5) is 0 Å². The van der Waals surface area contributed by atoms with Crippen molar-refractivity contribution in [2.45, 2.75) is 0 Å². The molecule has 6 aromatic carbocycles. The molecule has 0 saturated heterocycles. The minimum atomic E-state index is 0.904. The molecule has 40 heavy (non-hydrogen) atoms. The molecule has 0 aliphatic carbocycles. The Balaban J connectivity index is 1.33. The van der Waals surface area contributed by atoms with Crippen LogP contribution in [-0.4, -0.2) is 4.98 Å². The first-order chi connectivity index (χ1) is 19.8. The van der Waals surface area contributed by atoms with Gasteiger partial charge in [0, 0.05) is 47.3 Å². The zero-order chi connectivity index (χ0) is 26.2. The number of thiophene rings is 1. The number of para-hydroxylation sites is 2. The van der Waals surface area contributed by atoms with Crippen LogP contribution in [-0.2, 0) is 0 Å². The number of nitrogens with zero attached hydrogens (tertiary/aromatic N) is 1. The van der Waals surface area contributed by atoms with Crippen molar-refractivity contribution in [3.05, 3.63) is 127 Å². The highest BCUT2D eigenvalue weighted by molar-refractivity contribution is 7.26. The number of benzene rings is 6. The Bertz CT molecular complexity index is 2450. The Labute approximate surface area is 233 Å². The Hall–Kier alpha value is -4.99.